The van der Waals surface area contributed by atoms with Crippen LogP contribution < -0.4 is 14.8 Å². The minimum atomic E-state index is -3.93. The van der Waals surface area contributed by atoms with Gasteiger partial charge in [-0.05, 0) is 30.3 Å². The van der Waals surface area contributed by atoms with E-state index in [1.165, 1.54) is 18.2 Å². The maximum absolute atomic E-state index is 12.8. The SMILES string of the molecule is Cc1nc(-c2ccccc2NS(=O)(=O)c2ccc3c(c2)NC(=O)CO3)no1. The van der Waals surface area contributed by atoms with Crippen molar-refractivity contribution in [3.63, 3.8) is 0 Å². The van der Waals surface area contributed by atoms with Crippen LogP contribution in [0.3, 0.4) is 0 Å². The number of anilines is 2. The number of nitrogens with zero attached hydrogens (tertiary/aromatic N) is 2. The average molecular weight is 386 g/mol. The van der Waals surface area contributed by atoms with E-state index in [0.29, 0.717) is 28.6 Å². The van der Waals surface area contributed by atoms with Crippen LogP contribution in [0.25, 0.3) is 11.4 Å². The normalized spacial score (nSPS) is 13.4. The summed E-state index contributed by atoms with van der Waals surface area (Å²) in [7, 11) is -3.93. The van der Waals surface area contributed by atoms with Gasteiger partial charge in [0.2, 0.25) is 11.7 Å². The fourth-order valence-electron chi connectivity index (χ4n) is 2.61. The van der Waals surface area contributed by atoms with Crippen LogP contribution in [0.2, 0.25) is 0 Å². The number of benzene rings is 2. The zero-order chi connectivity index (χ0) is 19.0. The molecule has 2 heterocycles. The summed E-state index contributed by atoms with van der Waals surface area (Å²) in [6.45, 7) is 1.54. The topological polar surface area (TPSA) is 123 Å². The van der Waals surface area contributed by atoms with Crippen molar-refractivity contribution in [2.24, 2.45) is 0 Å². The van der Waals surface area contributed by atoms with Gasteiger partial charge in [-0.1, -0.05) is 17.3 Å². The first-order valence-electron chi connectivity index (χ1n) is 7.91. The summed E-state index contributed by atoms with van der Waals surface area (Å²) in [5.74, 6) is 0.712. The fraction of sp³-hybridized carbons (Fsp3) is 0.118. The highest BCUT2D eigenvalue weighted by Gasteiger charge is 2.22. The van der Waals surface area contributed by atoms with Gasteiger partial charge >= 0.3 is 0 Å². The standard InChI is InChI=1S/C17H14N4O5S/c1-10-18-17(20-26-10)12-4-2-3-5-13(12)21-27(23,24)11-6-7-15-14(8-11)19-16(22)9-25-15/h2-8,21H,9H2,1H3,(H,19,22). The molecular formula is C17H14N4O5S. The number of aryl methyl sites for hydroxylation is 1. The summed E-state index contributed by atoms with van der Waals surface area (Å²) in [5, 5.41) is 6.42. The summed E-state index contributed by atoms with van der Waals surface area (Å²) in [6, 6.07) is 11.0. The smallest absolute Gasteiger partial charge is 0.262 e. The molecule has 0 radical (unpaired) electrons. The summed E-state index contributed by atoms with van der Waals surface area (Å²) in [4.78, 5) is 15.6. The van der Waals surface area contributed by atoms with Gasteiger partial charge in [0.25, 0.3) is 15.9 Å². The summed E-state index contributed by atoms with van der Waals surface area (Å²) in [6.07, 6.45) is 0. The predicted octanol–water partition coefficient (Wildman–Crippen LogP) is 2.18. The molecule has 3 aromatic rings. The first-order chi connectivity index (χ1) is 12.9. The molecule has 0 unspecified atom stereocenters. The Hall–Kier alpha value is -3.40. The number of nitrogens with one attached hydrogen (secondary N) is 2. The van der Waals surface area contributed by atoms with Crippen molar-refractivity contribution in [3.05, 3.63) is 48.4 Å². The molecule has 1 aliphatic rings. The van der Waals surface area contributed by atoms with Crippen molar-refractivity contribution in [3.8, 4) is 17.1 Å². The molecule has 27 heavy (non-hydrogen) atoms. The molecule has 9 nitrogen and oxygen atoms in total. The lowest BCUT2D eigenvalue weighted by Gasteiger charge is -2.19. The van der Waals surface area contributed by atoms with Gasteiger partial charge in [0.15, 0.2) is 6.61 Å². The second-order valence-corrected chi connectivity index (χ2v) is 7.47. The van der Waals surface area contributed by atoms with Gasteiger partial charge in [0, 0.05) is 12.5 Å². The zero-order valence-corrected chi connectivity index (χ0v) is 14.9. The van der Waals surface area contributed by atoms with Crippen LogP contribution in [-0.2, 0) is 14.8 Å². The van der Waals surface area contributed by atoms with Crippen LogP contribution in [0.4, 0.5) is 11.4 Å². The van der Waals surface area contributed by atoms with Crippen molar-refractivity contribution in [2.75, 3.05) is 16.6 Å². The van der Waals surface area contributed by atoms with Crippen molar-refractivity contribution in [1.29, 1.82) is 0 Å². The number of sulfonamides is 1. The molecule has 1 aromatic heterocycles. The second kappa shape index (κ2) is 6.40. The largest absolute Gasteiger partial charge is 0.482 e. The Morgan fingerprint density at radius 2 is 2.00 bits per heavy atom. The molecular weight excluding hydrogens is 372 g/mol. The number of hydrogen-bond donors (Lipinski definition) is 2. The van der Waals surface area contributed by atoms with Crippen LogP contribution in [0.1, 0.15) is 5.89 Å². The molecule has 2 N–H and O–H groups in total. The average Bonchev–Trinajstić information content (AvgIpc) is 3.07. The molecule has 0 saturated heterocycles. The third kappa shape index (κ3) is 3.34. The first kappa shape index (κ1) is 17.0. The van der Waals surface area contributed by atoms with Crippen LogP contribution >= 0.6 is 0 Å². The second-order valence-electron chi connectivity index (χ2n) is 5.78. The molecule has 4 rings (SSSR count). The highest BCUT2D eigenvalue weighted by molar-refractivity contribution is 7.92. The molecule has 138 valence electrons. The first-order valence-corrected chi connectivity index (χ1v) is 9.40. The van der Waals surface area contributed by atoms with Crippen molar-refractivity contribution >= 4 is 27.3 Å². The molecule has 2 aromatic carbocycles. The van der Waals surface area contributed by atoms with Crippen LogP contribution in [0.15, 0.2) is 51.9 Å². The monoisotopic (exact) mass is 386 g/mol. The van der Waals surface area contributed by atoms with E-state index < -0.39 is 10.0 Å². The van der Waals surface area contributed by atoms with Gasteiger partial charge in [-0.3, -0.25) is 9.52 Å². The van der Waals surface area contributed by atoms with E-state index in [9.17, 15) is 13.2 Å². The Kier molecular flexibility index (Phi) is 4.04. The number of fused-ring (bicyclic) bond motifs is 1. The van der Waals surface area contributed by atoms with E-state index in [0.717, 1.165) is 0 Å². The zero-order valence-electron chi connectivity index (χ0n) is 14.1. The van der Waals surface area contributed by atoms with E-state index in [4.69, 9.17) is 9.26 Å². The molecule has 0 saturated carbocycles. The maximum atomic E-state index is 12.8. The molecule has 0 bridgehead atoms. The van der Waals surface area contributed by atoms with Crippen LogP contribution in [-0.4, -0.2) is 31.1 Å². The minimum Gasteiger partial charge on any atom is -0.482 e. The number of ether oxygens (including phenoxy) is 1. The van der Waals surface area contributed by atoms with E-state index in [-0.39, 0.29) is 23.2 Å². The summed E-state index contributed by atoms with van der Waals surface area (Å²) < 4.78 is 38.4. The molecule has 0 spiro atoms. The van der Waals surface area contributed by atoms with Gasteiger partial charge < -0.3 is 14.6 Å². The Labute approximate surface area is 154 Å². The number of aromatic nitrogens is 2. The maximum Gasteiger partial charge on any atom is 0.262 e. The van der Waals surface area contributed by atoms with Crippen molar-refractivity contribution in [2.45, 2.75) is 11.8 Å². The highest BCUT2D eigenvalue weighted by atomic mass is 32.2. The van der Waals surface area contributed by atoms with E-state index in [1.807, 2.05) is 0 Å². The predicted molar refractivity (Wildman–Crippen MR) is 95.8 cm³/mol. The Morgan fingerprint density at radius 1 is 1.19 bits per heavy atom. The van der Waals surface area contributed by atoms with Gasteiger partial charge in [0.1, 0.15) is 5.75 Å². The number of hydrogen-bond acceptors (Lipinski definition) is 7. The number of rotatable bonds is 4. The van der Waals surface area contributed by atoms with Crippen molar-refractivity contribution in [1.82, 2.24) is 10.1 Å². The summed E-state index contributed by atoms with van der Waals surface area (Å²) in [5.41, 5.74) is 1.08. The van der Waals surface area contributed by atoms with E-state index in [1.54, 1.807) is 31.2 Å². The Balaban J connectivity index is 1.69. The number of carbonyl (C=O) groups is 1. The molecule has 1 amide bonds. The van der Waals surface area contributed by atoms with Crippen LogP contribution in [0, 0.1) is 6.92 Å². The molecule has 10 heteroatoms. The Morgan fingerprint density at radius 3 is 2.78 bits per heavy atom. The number of para-hydroxylation sites is 1. The number of carbonyl (C=O) groups excluding carboxylic acids is 1. The van der Waals surface area contributed by atoms with Gasteiger partial charge in [-0.25, -0.2) is 8.42 Å². The van der Waals surface area contributed by atoms with E-state index in [2.05, 4.69) is 20.2 Å². The Bertz CT molecular complexity index is 1140. The third-order valence-electron chi connectivity index (χ3n) is 3.83. The lowest BCUT2D eigenvalue weighted by atomic mass is 10.2. The van der Waals surface area contributed by atoms with E-state index >= 15 is 0 Å². The lowest BCUT2D eigenvalue weighted by molar-refractivity contribution is -0.118. The van der Waals surface area contributed by atoms with Crippen LogP contribution in [0.5, 0.6) is 5.75 Å². The van der Waals surface area contributed by atoms with Gasteiger partial charge in [-0.15, -0.1) is 0 Å². The molecule has 0 atom stereocenters. The quantitative estimate of drug-likeness (QED) is 0.704. The molecule has 0 aliphatic carbocycles. The fourth-order valence-corrected chi connectivity index (χ4v) is 3.71. The van der Waals surface area contributed by atoms with Gasteiger partial charge in [-0.2, -0.15) is 4.98 Å². The molecule has 1 aliphatic heterocycles. The lowest BCUT2D eigenvalue weighted by Crippen LogP contribution is -2.25. The highest BCUT2D eigenvalue weighted by Crippen LogP contribution is 2.32. The minimum absolute atomic E-state index is 0.0221. The molecule has 0 fully saturated rings. The summed E-state index contributed by atoms with van der Waals surface area (Å²) >= 11 is 0. The van der Waals surface area contributed by atoms with Gasteiger partial charge in [0.05, 0.1) is 16.3 Å². The number of amides is 1. The van der Waals surface area contributed by atoms with Crippen molar-refractivity contribution < 1.29 is 22.5 Å². The third-order valence-corrected chi connectivity index (χ3v) is 5.20.